The van der Waals surface area contributed by atoms with Gasteiger partial charge in [-0.05, 0) is 66.2 Å². The fraction of sp³-hybridized carbons (Fsp3) is 0.208. The standard InChI is InChI=1S/C24H23N5O4S/c1-3-21-28-29-22(25)20(23(31)27-24(29)34-21)14-16-4-8-18(9-5-16)32-12-13-33-19-10-6-17(7-11-19)26-15(2)30/h4-11,14,25H,3,12-13H2,1-2H3,(H,26,30)/b20-14+,25-22?. The molecular weight excluding hydrogens is 454 g/mol. The minimum atomic E-state index is -0.445. The second kappa shape index (κ2) is 10.3. The van der Waals surface area contributed by atoms with E-state index in [1.807, 2.05) is 19.1 Å². The highest BCUT2D eigenvalue weighted by Crippen LogP contribution is 2.29. The van der Waals surface area contributed by atoms with Crippen LogP contribution in [0, 0.1) is 5.41 Å². The fourth-order valence-electron chi connectivity index (χ4n) is 3.16. The van der Waals surface area contributed by atoms with Crippen LogP contribution < -0.4 is 14.8 Å². The molecule has 2 aromatic rings. The number of hydrogen-bond acceptors (Lipinski definition) is 7. The summed E-state index contributed by atoms with van der Waals surface area (Å²) in [5, 5.41) is 18.1. The molecule has 174 valence electrons. The van der Waals surface area contributed by atoms with Gasteiger partial charge in [-0.3, -0.25) is 15.0 Å². The Labute approximate surface area is 201 Å². The van der Waals surface area contributed by atoms with Crippen molar-refractivity contribution >= 4 is 51.4 Å². The van der Waals surface area contributed by atoms with E-state index in [9.17, 15) is 9.59 Å². The summed E-state index contributed by atoms with van der Waals surface area (Å²) in [6.45, 7) is 4.12. The van der Waals surface area contributed by atoms with E-state index >= 15 is 0 Å². The van der Waals surface area contributed by atoms with Crippen molar-refractivity contribution in [2.24, 2.45) is 10.1 Å². The molecule has 2 N–H and O–H groups in total. The predicted molar refractivity (Wildman–Crippen MR) is 133 cm³/mol. The van der Waals surface area contributed by atoms with E-state index in [1.54, 1.807) is 42.5 Å². The number of anilines is 1. The molecule has 0 saturated carbocycles. The molecular formula is C24H23N5O4S. The average molecular weight is 478 g/mol. The van der Waals surface area contributed by atoms with Gasteiger partial charge in [-0.15, -0.1) is 0 Å². The van der Waals surface area contributed by atoms with Crippen molar-refractivity contribution in [1.29, 1.82) is 5.41 Å². The summed E-state index contributed by atoms with van der Waals surface area (Å²) in [7, 11) is 0. The molecule has 2 aromatic carbocycles. The topological polar surface area (TPSA) is 116 Å². The van der Waals surface area contributed by atoms with Crippen LogP contribution in [0.15, 0.2) is 64.2 Å². The van der Waals surface area contributed by atoms with Gasteiger partial charge in [-0.2, -0.15) is 15.1 Å². The van der Waals surface area contributed by atoms with E-state index in [1.165, 1.54) is 23.7 Å². The lowest BCUT2D eigenvalue weighted by Crippen LogP contribution is -2.35. The van der Waals surface area contributed by atoms with Crippen molar-refractivity contribution in [3.8, 4) is 11.5 Å². The summed E-state index contributed by atoms with van der Waals surface area (Å²) in [4.78, 5) is 27.5. The monoisotopic (exact) mass is 477 g/mol. The third kappa shape index (κ3) is 5.52. The zero-order chi connectivity index (χ0) is 24.1. The molecule has 2 aliphatic rings. The maximum absolute atomic E-state index is 12.4. The molecule has 2 heterocycles. The van der Waals surface area contributed by atoms with E-state index < -0.39 is 5.91 Å². The Hall–Kier alpha value is -3.92. The summed E-state index contributed by atoms with van der Waals surface area (Å²) in [6.07, 6.45) is 2.35. The van der Waals surface area contributed by atoms with Gasteiger partial charge in [0.25, 0.3) is 5.91 Å². The first-order chi connectivity index (χ1) is 16.4. The number of fused-ring (bicyclic) bond motifs is 1. The van der Waals surface area contributed by atoms with Crippen molar-refractivity contribution in [3.05, 3.63) is 59.7 Å². The number of nitrogens with zero attached hydrogens (tertiary/aromatic N) is 3. The van der Waals surface area contributed by atoms with Gasteiger partial charge in [-0.25, -0.2) is 0 Å². The van der Waals surface area contributed by atoms with Crippen LogP contribution in [0.4, 0.5) is 5.69 Å². The largest absolute Gasteiger partial charge is 0.490 e. The fourth-order valence-corrected chi connectivity index (χ4v) is 3.98. The van der Waals surface area contributed by atoms with E-state index in [0.29, 0.717) is 35.6 Å². The minimum Gasteiger partial charge on any atom is -0.490 e. The number of amides is 2. The SMILES string of the molecule is CCC1=NN2C(=N)/C(=C\c3ccc(OCCOc4ccc(NC(C)=O)cc4)cc3)C(=O)N=C2S1. The van der Waals surface area contributed by atoms with Crippen LogP contribution in [0.5, 0.6) is 11.5 Å². The number of benzene rings is 2. The van der Waals surface area contributed by atoms with Crippen LogP contribution in [0.25, 0.3) is 6.08 Å². The molecule has 2 aliphatic heterocycles. The highest BCUT2D eigenvalue weighted by Gasteiger charge is 2.35. The third-order valence-electron chi connectivity index (χ3n) is 4.79. The van der Waals surface area contributed by atoms with E-state index in [2.05, 4.69) is 15.4 Å². The van der Waals surface area contributed by atoms with Crippen LogP contribution in [0.3, 0.4) is 0 Å². The van der Waals surface area contributed by atoms with Crippen LogP contribution in [-0.2, 0) is 9.59 Å². The molecule has 0 atom stereocenters. The Morgan fingerprint density at radius 1 is 1.09 bits per heavy atom. The number of nitrogens with one attached hydrogen (secondary N) is 2. The summed E-state index contributed by atoms with van der Waals surface area (Å²) in [6, 6.07) is 14.3. The number of amidine groups is 2. The molecule has 34 heavy (non-hydrogen) atoms. The third-order valence-corrected chi connectivity index (χ3v) is 5.84. The summed E-state index contributed by atoms with van der Waals surface area (Å²) >= 11 is 1.32. The zero-order valence-electron chi connectivity index (χ0n) is 18.7. The van der Waals surface area contributed by atoms with Gasteiger partial charge in [-0.1, -0.05) is 19.1 Å². The van der Waals surface area contributed by atoms with Crippen molar-refractivity contribution in [1.82, 2.24) is 5.01 Å². The molecule has 9 nitrogen and oxygen atoms in total. The Balaban J connectivity index is 1.30. The van der Waals surface area contributed by atoms with Crippen LogP contribution >= 0.6 is 11.8 Å². The van der Waals surface area contributed by atoms with Gasteiger partial charge in [0.1, 0.15) is 29.8 Å². The first-order valence-electron chi connectivity index (χ1n) is 10.7. The molecule has 0 radical (unpaired) electrons. The van der Waals surface area contributed by atoms with Gasteiger partial charge in [0.15, 0.2) is 5.84 Å². The average Bonchev–Trinajstić information content (AvgIpc) is 3.24. The van der Waals surface area contributed by atoms with E-state index in [0.717, 1.165) is 17.0 Å². The van der Waals surface area contributed by atoms with Gasteiger partial charge in [0, 0.05) is 12.6 Å². The maximum Gasteiger partial charge on any atom is 0.283 e. The smallest absolute Gasteiger partial charge is 0.283 e. The molecule has 0 aliphatic carbocycles. The molecule has 0 aromatic heterocycles. The molecule has 10 heteroatoms. The van der Waals surface area contributed by atoms with Gasteiger partial charge in [0.2, 0.25) is 11.1 Å². The van der Waals surface area contributed by atoms with Crippen LogP contribution in [-0.4, -0.2) is 46.1 Å². The quantitative estimate of drug-likeness (QED) is 0.436. The zero-order valence-corrected chi connectivity index (χ0v) is 19.5. The Morgan fingerprint density at radius 3 is 2.29 bits per heavy atom. The van der Waals surface area contributed by atoms with Crippen molar-refractivity contribution in [3.63, 3.8) is 0 Å². The lowest BCUT2D eigenvalue weighted by molar-refractivity contribution is -0.115. The number of hydrazone groups is 1. The molecule has 2 amide bonds. The Kier molecular flexibility index (Phi) is 7.07. The molecule has 0 fully saturated rings. The lowest BCUT2D eigenvalue weighted by atomic mass is 10.1. The van der Waals surface area contributed by atoms with Crippen molar-refractivity contribution in [2.75, 3.05) is 18.5 Å². The molecule has 4 rings (SSSR count). The number of rotatable bonds is 8. The number of ether oxygens (including phenoxy) is 2. The molecule has 0 spiro atoms. The number of hydrogen-bond donors (Lipinski definition) is 2. The Bertz CT molecular complexity index is 1200. The second-order valence-electron chi connectivity index (χ2n) is 7.34. The van der Waals surface area contributed by atoms with Crippen molar-refractivity contribution < 1.29 is 19.1 Å². The highest BCUT2D eigenvalue weighted by molar-refractivity contribution is 8.26. The number of thioether (sulfide) groups is 1. The summed E-state index contributed by atoms with van der Waals surface area (Å²) < 4.78 is 11.4. The van der Waals surface area contributed by atoms with Crippen molar-refractivity contribution in [2.45, 2.75) is 20.3 Å². The normalized spacial score (nSPS) is 16.2. The lowest BCUT2D eigenvalue weighted by Gasteiger charge is -2.20. The second-order valence-corrected chi connectivity index (χ2v) is 8.38. The summed E-state index contributed by atoms with van der Waals surface area (Å²) in [5.41, 5.74) is 1.65. The first kappa shape index (κ1) is 23.2. The summed E-state index contributed by atoms with van der Waals surface area (Å²) in [5.74, 6) is 0.787. The van der Waals surface area contributed by atoms with Crippen LogP contribution in [0.1, 0.15) is 25.8 Å². The molecule has 0 saturated heterocycles. The van der Waals surface area contributed by atoms with Gasteiger partial charge in [0.05, 0.1) is 5.57 Å². The Morgan fingerprint density at radius 2 is 1.71 bits per heavy atom. The number of carbonyl (C=O) groups is 2. The minimum absolute atomic E-state index is 0.0218. The highest BCUT2D eigenvalue weighted by atomic mass is 32.2. The molecule has 0 bridgehead atoms. The molecule has 0 unspecified atom stereocenters. The number of carbonyl (C=O) groups excluding carboxylic acids is 2. The maximum atomic E-state index is 12.4. The number of aliphatic imine (C=N–C) groups is 1. The van der Waals surface area contributed by atoms with Crippen LogP contribution in [0.2, 0.25) is 0 Å². The first-order valence-corrected chi connectivity index (χ1v) is 11.5. The van der Waals surface area contributed by atoms with Gasteiger partial charge < -0.3 is 14.8 Å². The van der Waals surface area contributed by atoms with Gasteiger partial charge >= 0.3 is 0 Å². The predicted octanol–water partition coefficient (Wildman–Crippen LogP) is 4.13. The van der Waals surface area contributed by atoms with E-state index in [4.69, 9.17) is 14.9 Å². The van der Waals surface area contributed by atoms with E-state index in [-0.39, 0.29) is 17.3 Å².